The van der Waals surface area contributed by atoms with E-state index >= 15 is 0 Å². The Bertz CT molecular complexity index is 702. The van der Waals surface area contributed by atoms with Gasteiger partial charge in [0.2, 0.25) is 0 Å². The Morgan fingerprint density at radius 2 is 1.75 bits per heavy atom. The minimum atomic E-state index is 0.528. The van der Waals surface area contributed by atoms with Crippen molar-refractivity contribution in [1.82, 2.24) is 9.97 Å². The summed E-state index contributed by atoms with van der Waals surface area (Å²) in [7, 11) is 0. The van der Waals surface area contributed by atoms with E-state index < -0.39 is 0 Å². The van der Waals surface area contributed by atoms with E-state index in [1.54, 1.807) is 6.07 Å². The number of allylic oxidation sites excluding steroid dienone is 2. The summed E-state index contributed by atoms with van der Waals surface area (Å²) in [5.41, 5.74) is 2.14. The van der Waals surface area contributed by atoms with Crippen molar-refractivity contribution >= 4 is 23.2 Å². The first-order chi connectivity index (χ1) is 11.7. The molecule has 3 rings (SSSR count). The number of nitrogens with zero attached hydrogens (tertiary/aromatic N) is 2. The van der Waals surface area contributed by atoms with Gasteiger partial charge in [0.25, 0.3) is 0 Å². The van der Waals surface area contributed by atoms with Crippen LogP contribution in [0.1, 0.15) is 50.5 Å². The molecule has 0 N–H and O–H groups in total. The average Bonchev–Trinajstić information content (AvgIpc) is 2.63. The molecule has 0 radical (unpaired) electrons. The third kappa shape index (κ3) is 4.17. The maximum atomic E-state index is 6.07. The van der Waals surface area contributed by atoms with Crippen LogP contribution in [0.2, 0.25) is 10.0 Å². The highest BCUT2D eigenvalue weighted by molar-refractivity contribution is 6.42. The van der Waals surface area contributed by atoms with Crippen LogP contribution in [-0.2, 0) is 0 Å². The predicted molar refractivity (Wildman–Crippen MR) is 102 cm³/mol. The van der Waals surface area contributed by atoms with Gasteiger partial charge in [0.05, 0.1) is 10.0 Å². The topological polar surface area (TPSA) is 25.8 Å². The normalized spacial score (nSPS) is 21.3. The van der Waals surface area contributed by atoms with Crippen LogP contribution in [-0.4, -0.2) is 9.97 Å². The van der Waals surface area contributed by atoms with Crippen LogP contribution >= 0.6 is 23.2 Å². The molecule has 1 aromatic heterocycles. The lowest BCUT2D eigenvalue weighted by Crippen LogP contribution is -2.12. The Kier molecular flexibility index (Phi) is 5.91. The van der Waals surface area contributed by atoms with E-state index in [-0.39, 0.29) is 0 Å². The van der Waals surface area contributed by atoms with E-state index in [0.29, 0.717) is 21.8 Å². The molecule has 1 heterocycles. The standard InChI is InChI=1S/C20H22Cl2N2/c1-2-3-4-14-5-7-15(8-6-14)17-12-23-20(24-13-17)16-9-10-18(21)19(22)11-16/h3-4,9-15H,2,5-8H2,1H3. The van der Waals surface area contributed by atoms with E-state index in [1.807, 2.05) is 24.5 Å². The highest BCUT2D eigenvalue weighted by Crippen LogP contribution is 2.36. The molecule has 24 heavy (non-hydrogen) atoms. The van der Waals surface area contributed by atoms with Crippen LogP contribution in [0.25, 0.3) is 11.4 Å². The molecule has 2 nitrogen and oxygen atoms in total. The van der Waals surface area contributed by atoms with Gasteiger partial charge in [0.1, 0.15) is 0 Å². The van der Waals surface area contributed by atoms with Crippen LogP contribution in [0.5, 0.6) is 0 Å². The zero-order valence-electron chi connectivity index (χ0n) is 13.9. The van der Waals surface area contributed by atoms with Gasteiger partial charge in [-0.05, 0) is 67.7 Å². The van der Waals surface area contributed by atoms with E-state index in [1.165, 1.54) is 31.2 Å². The molecular formula is C20H22Cl2N2. The Balaban J connectivity index is 1.67. The van der Waals surface area contributed by atoms with Crippen LogP contribution in [0.3, 0.4) is 0 Å². The van der Waals surface area contributed by atoms with Crippen molar-refractivity contribution in [2.24, 2.45) is 5.92 Å². The molecule has 1 aliphatic carbocycles. The molecule has 0 aliphatic heterocycles. The second kappa shape index (κ2) is 8.13. The molecule has 4 heteroatoms. The lowest BCUT2D eigenvalue weighted by molar-refractivity contribution is 0.374. The van der Waals surface area contributed by atoms with Crippen LogP contribution < -0.4 is 0 Å². The first kappa shape index (κ1) is 17.4. The van der Waals surface area contributed by atoms with Crippen molar-refractivity contribution in [2.75, 3.05) is 0 Å². The third-order valence-corrected chi connectivity index (χ3v) is 5.48. The SMILES string of the molecule is CCC=CC1CCC(c2cnc(-c3ccc(Cl)c(Cl)c3)nc2)CC1. The van der Waals surface area contributed by atoms with Crippen molar-refractivity contribution in [3.05, 3.63) is 58.4 Å². The molecule has 126 valence electrons. The molecule has 0 unspecified atom stereocenters. The van der Waals surface area contributed by atoms with Gasteiger partial charge in [-0.3, -0.25) is 0 Å². The number of hydrogen-bond acceptors (Lipinski definition) is 2. The Morgan fingerprint density at radius 3 is 2.38 bits per heavy atom. The number of aromatic nitrogens is 2. The molecule has 1 fully saturated rings. The molecule has 1 aromatic carbocycles. The summed E-state index contributed by atoms with van der Waals surface area (Å²) in [4.78, 5) is 9.07. The molecule has 0 atom stereocenters. The van der Waals surface area contributed by atoms with Crippen molar-refractivity contribution in [3.63, 3.8) is 0 Å². The maximum absolute atomic E-state index is 6.07. The highest BCUT2D eigenvalue weighted by Gasteiger charge is 2.21. The number of rotatable bonds is 4. The molecule has 0 saturated heterocycles. The van der Waals surface area contributed by atoms with Gasteiger partial charge < -0.3 is 0 Å². The zero-order valence-corrected chi connectivity index (χ0v) is 15.4. The predicted octanol–water partition coefficient (Wildman–Crippen LogP) is 6.69. The molecular weight excluding hydrogens is 339 g/mol. The summed E-state index contributed by atoms with van der Waals surface area (Å²) in [5, 5.41) is 1.08. The number of halogens is 2. The first-order valence-corrected chi connectivity index (χ1v) is 9.37. The van der Waals surface area contributed by atoms with Crippen molar-refractivity contribution in [2.45, 2.75) is 44.9 Å². The summed E-state index contributed by atoms with van der Waals surface area (Å²) in [5.74, 6) is 2.02. The number of hydrogen-bond donors (Lipinski definition) is 0. The molecule has 1 saturated carbocycles. The van der Waals surface area contributed by atoms with E-state index in [9.17, 15) is 0 Å². The van der Waals surface area contributed by atoms with Gasteiger partial charge in [0, 0.05) is 18.0 Å². The van der Waals surface area contributed by atoms with Crippen molar-refractivity contribution in [3.8, 4) is 11.4 Å². The molecule has 1 aliphatic rings. The van der Waals surface area contributed by atoms with Gasteiger partial charge in [0.15, 0.2) is 5.82 Å². The quantitative estimate of drug-likeness (QED) is 0.567. The van der Waals surface area contributed by atoms with Gasteiger partial charge >= 0.3 is 0 Å². The smallest absolute Gasteiger partial charge is 0.159 e. The fourth-order valence-corrected chi connectivity index (χ4v) is 3.60. The van der Waals surface area contributed by atoms with Crippen LogP contribution in [0.15, 0.2) is 42.7 Å². The summed E-state index contributed by atoms with van der Waals surface area (Å²) in [6, 6.07) is 5.49. The second-order valence-corrected chi connectivity index (χ2v) is 7.23. The van der Waals surface area contributed by atoms with Gasteiger partial charge in [-0.2, -0.15) is 0 Å². The largest absolute Gasteiger partial charge is 0.236 e. The summed E-state index contributed by atoms with van der Waals surface area (Å²) >= 11 is 12.0. The highest BCUT2D eigenvalue weighted by atomic mass is 35.5. The Labute approximate surface area is 153 Å². The monoisotopic (exact) mass is 360 g/mol. The lowest BCUT2D eigenvalue weighted by atomic mass is 9.79. The Morgan fingerprint density at radius 1 is 1.04 bits per heavy atom. The Hall–Kier alpha value is -1.38. The molecule has 0 bridgehead atoms. The number of benzene rings is 1. The fraction of sp³-hybridized carbons (Fsp3) is 0.400. The zero-order chi connectivity index (χ0) is 16.9. The van der Waals surface area contributed by atoms with E-state index in [0.717, 1.165) is 17.9 Å². The van der Waals surface area contributed by atoms with E-state index in [2.05, 4.69) is 29.0 Å². The maximum Gasteiger partial charge on any atom is 0.159 e. The minimum Gasteiger partial charge on any atom is -0.236 e. The minimum absolute atomic E-state index is 0.528. The van der Waals surface area contributed by atoms with Gasteiger partial charge in [-0.15, -0.1) is 0 Å². The van der Waals surface area contributed by atoms with Crippen molar-refractivity contribution < 1.29 is 0 Å². The lowest BCUT2D eigenvalue weighted by Gasteiger charge is -2.26. The second-order valence-electron chi connectivity index (χ2n) is 6.42. The summed E-state index contributed by atoms with van der Waals surface area (Å²) in [6.07, 6.45) is 14.7. The summed E-state index contributed by atoms with van der Waals surface area (Å²) < 4.78 is 0. The molecule has 2 aromatic rings. The molecule has 0 amide bonds. The van der Waals surface area contributed by atoms with Crippen LogP contribution in [0.4, 0.5) is 0 Å². The molecule has 0 spiro atoms. The van der Waals surface area contributed by atoms with Gasteiger partial charge in [-0.25, -0.2) is 9.97 Å². The fourth-order valence-electron chi connectivity index (χ4n) is 3.31. The first-order valence-electron chi connectivity index (χ1n) is 8.61. The van der Waals surface area contributed by atoms with E-state index in [4.69, 9.17) is 23.2 Å². The third-order valence-electron chi connectivity index (χ3n) is 4.74. The average molecular weight is 361 g/mol. The summed E-state index contributed by atoms with van der Waals surface area (Å²) in [6.45, 7) is 2.19. The van der Waals surface area contributed by atoms with Crippen LogP contribution in [0, 0.1) is 5.92 Å². The van der Waals surface area contributed by atoms with Crippen molar-refractivity contribution in [1.29, 1.82) is 0 Å². The van der Waals surface area contributed by atoms with Gasteiger partial charge in [-0.1, -0.05) is 42.3 Å².